The topological polar surface area (TPSA) is 153 Å². The molecule has 0 radical (unpaired) electrons. The van der Waals surface area contributed by atoms with Crippen molar-refractivity contribution in [3.63, 3.8) is 0 Å². The highest BCUT2D eigenvalue weighted by molar-refractivity contribution is 7.89. The number of nitrogens with one attached hydrogen (secondary N) is 2. The van der Waals surface area contributed by atoms with E-state index < -0.39 is 45.9 Å². The largest absolute Gasteiger partial charge is 0.490 e. The summed E-state index contributed by atoms with van der Waals surface area (Å²) < 4.78 is 49.0. The van der Waals surface area contributed by atoms with Crippen LogP contribution in [-0.2, 0) is 40.2 Å². The highest BCUT2D eigenvalue weighted by atomic mass is 32.2. The molecule has 1 amide bonds. The molecule has 2 fully saturated rings. The quantitative estimate of drug-likeness (QED) is 0.214. The maximum atomic E-state index is 13.1. The Kier molecular flexibility index (Phi) is 12.6. The molecule has 3 atom stereocenters. The molecule has 43 heavy (non-hydrogen) atoms. The number of cyclic esters (lactones) is 1. The van der Waals surface area contributed by atoms with Crippen LogP contribution in [0, 0.1) is 0 Å². The first-order valence-electron chi connectivity index (χ1n) is 14.7. The maximum Gasteiger partial charge on any atom is 0.410 e. The Hall–Kier alpha value is -2.94. The number of benzene rings is 1. The Morgan fingerprint density at radius 3 is 2.42 bits per heavy atom. The molecule has 2 N–H and O–H groups in total. The van der Waals surface area contributed by atoms with E-state index in [1.165, 1.54) is 12.0 Å². The van der Waals surface area contributed by atoms with Gasteiger partial charge in [-0.1, -0.05) is 25.5 Å². The second kappa shape index (κ2) is 15.7. The normalized spacial score (nSPS) is 19.4. The number of carbonyl (C=O) groups is 3. The monoisotopic (exact) mass is 626 g/mol. The number of hydrogen-bond acceptors (Lipinski definition) is 11. The molecule has 3 rings (SSSR count). The average Bonchev–Trinajstić information content (AvgIpc) is 3.31. The number of piperazine rings is 1. The van der Waals surface area contributed by atoms with Gasteiger partial charge in [0, 0.05) is 26.2 Å². The molecule has 2 aliphatic rings. The predicted molar refractivity (Wildman–Crippen MR) is 159 cm³/mol. The van der Waals surface area contributed by atoms with E-state index in [0.717, 1.165) is 13.1 Å². The Balaban J connectivity index is 1.55. The summed E-state index contributed by atoms with van der Waals surface area (Å²) in [6.07, 6.45) is 0.272. The van der Waals surface area contributed by atoms with Crippen molar-refractivity contribution in [3.8, 4) is 5.75 Å². The van der Waals surface area contributed by atoms with Crippen molar-refractivity contribution in [2.24, 2.45) is 0 Å². The molecule has 1 aromatic rings. The first kappa shape index (κ1) is 34.5. The van der Waals surface area contributed by atoms with E-state index in [1.807, 2.05) is 32.6 Å². The van der Waals surface area contributed by atoms with Gasteiger partial charge in [0.15, 0.2) is 6.10 Å². The third kappa shape index (κ3) is 11.2. The van der Waals surface area contributed by atoms with Crippen LogP contribution >= 0.6 is 0 Å². The van der Waals surface area contributed by atoms with E-state index in [0.29, 0.717) is 37.2 Å². The number of esters is 2. The minimum Gasteiger partial charge on any atom is -0.490 e. The number of hydrogen-bond donors (Lipinski definition) is 2. The number of sulfonamides is 1. The van der Waals surface area contributed by atoms with Crippen LogP contribution in [0.15, 0.2) is 24.3 Å². The van der Waals surface area contributed by atoms with Gasteiger partial charge < -0.3 is 29.2 Å². The maximum absolute atomic E-state index is 13.1. The Morgan fingerprint density at radius 1 is 1.14 bits per heavy atom. The van der Waals surface area contributed by atoms with Crippen LogP contribution in [0.3, 0.4) is 0 Å². The van der Waals surface area contributed by atoms with Gasteiger partial charge >= 0.3 is 18.0 Å². The van der Waals surface area contributed by atoms with Gasteiger partial charge in [-0.2, -0.15) is 0 Å². The highest BCUT2D eigenvalue weighted by Gasteiger charge is 2.39. The molecule has 2 heterocycles. The van der Waals surface area contributed by atoms with Crippen LogP contribution in [0.5, 0.6) is 5.75 Å². The van der Waals surface area contributed by atoms with Crippen molar-refractivity contribution < 1.29 is 41.7 Å². The first-order valence-corrected chi connectivity index (χ1v) is 16.4. The van der Waals surface area contributed by atoms with E-state index in [1.54, 1.807) is 24.3 Å². The lowest BCUT2D eigenvalue weighted by atomic mass is 10.1. The lowest BCUT2D eigenvalue weighted by molar-refractivity contribution is -0.162. The zero-order valence-corrected chi connectivity index (χ0v) is 26.6. The van der Waals surface area contributed by atoms with E-state index >= 15 is 0 Å². The smallest absolute Gasteiger partial charge is 0.410 e. The molecule has 0 aliphatic carbocycles. The van der Waals surface area contributed by atoms with Crippen molar-refractivity contribution in [1.82, 2.24) is 19.8 Å². The minimum absolute atomic E-state index is 0.0651. The van der Waals surface area contributed by atoms with E-state index in [2.05, 4.69) is 10.0 Å². The standard InChI is InChI=1S/C29H46N4O9S/c1-6-7-16-43(37,38)31-24(26(34)39-5)17-21-8-10-22(11-9-21)40-20-23-18-33(28(36)41-23)19-25(27(35)42-29(2,3)4)32-14-12-30-13-15-32/h8-11,23-25,30-31H,6-7,12-20H2,1-5H3. The molecule has 3 unspecified atom stereocenters. The number of nitrogens with zero attached hydrogens (tertiary/aromatic N) is 2. The summed E-state index contributed by atoms with van der Waals surface area (Å²) in [7, 11) is -2.42. The van der Waals surface area contributed by atoms with Gasteiger partial charge in [0.2, 0.25) is 10.0 Å². The van der Waals surface area contributed by atoms with Gasteiger partial charge in [0.25, 0.3) is 0 Å². The summed E-state index contributed by atoms with van der Waals surface area (Å²) >= 11 is 0. The second-order valence-corrected chi connectivity index (χ2v) is 13.6. The van der Waals surface area contributed by atoms with Crippen LogP contribution in [-0.4, -0.2) is 119 Å². The van der Waals surface area contributed by atoms with Gasteiger partial charge in [-0.3, -0.25) is 14.5 Å². The molecule has 2 saturated heterocycles. The summed E-state index contributed by atoms with van der Waals surface area (Å²) in [6, 6.07) is 5.22. The lowest BCUT2D eigenvalue weighted by Gasteiger charge is -2.36. The number of amides is 1. The molecule has 1 aromatic carbocycles. The van der Waals surface area contributed by atoms with Crippen LogP contribution in [0.25, 0.3) is 0 Å². The molecule has 0 aromatic heterocycles. The van der Waals surface area contributed by atoms with Crippen LogP contribution in [0.4, 0.5) is 4.79 Å². The summed E-state index contributed by atoms with van der Waals surface area (Å²) in [5, 5.41) is 3.27. The van der Waals surface area contributed by atoms with Crippen LogP contribution in [0.2, 0.25) is 0 Å². The summed E-state index contributed by atoms with van der Waals surface area (Å²) in [6.45, 7) is 10.7. The zero-order valence-electron chi connectivity index (χ0n) is 25.8. The van der Waals surface area contributed by atoms with Gasteiger partial charge in [-0.25, -0.2) is 17.9 Å². The van der Waals surface area contributed by atoms with Crippen LogP contribution < -0.4 is 14.8 Å². The third-order valence-corrected chi connectivity index (χ3v) is 8.46. The Labute approximate surface area is 254 Å². The molecular weight excluding hydrogens is 580 g/mol. The van der Waals surface area contributed by atoms with Crippen molar-refractivity contribution in [2.45, 2.75) is 70.7 Å². The van der Waals surface area contributed by atoms with Crippen molar-refractivity contribution in [1.29, 1.82) is 0 Å². The number of ether oxygens (including phenoxy) is 4. The van der Waals surface area contributed by atoms with E-state index in [4.69, 9.17) is 18.9 Å². The third-order valence-electron chi connectivity index (χ3n) is 6.99. The van der Waals surface area contributed by atoms with Crippen molar-refractivity contribution in [2.75, 3.05) is 58.7 Å². The Bertz CT molecular complexity index is 1180. The summed E-state index contributed by atoms with van der Waals surface area (Å²) in [5.41, 5.74) is 0.0599. The Morgan fingerprint density at radius 2 is 1.81 bits per heavy atom. The summed E-state index contributed by atoms with van der Waals surface area (Å²) in [5.74, 6) is -0.586. The van der Waals surface area contributed by atoms with Crippen LogP contribution in [0.1, 0.15) is 46.1 Å². The molecule has 0 spiro atoms. The number of rotatable bonds is 15. The number of methoxy groups -OCH3 is 1. The van der Waals surface area contributed by atoms with E-state index in [-0.39, 0.29) is 37.8 Å². The summed E-state index contributed by atoms with van der Waals surface area (Å²) in [4.78, 5) is 41.5. The molecular formula is C29H46N4O9S. The zero-order chi connectivity index (χ0) is 31.6. The average molecular weight is 627 g/mol. The SMILES string of the molecule is CCCCS(=O)(=O)NC(Cc1ccc(OCC2CN(CC(C(=O)OC(C)(C)C)N3CCNCC3)C(=O)O2)cc1)C(=O)OC. The van der Waals surface area contributed by atoms with Gasteiger partial charge in [-0.15, -0.1) is 0 Å². The fourth-order valence-electron chi connectivity index (χ4n) is 4.79. The molecule has 13 nitrogen and oxygen atoms in total. The highest BCUT2D eigenvalue weighted by Crippen LogP contribution is 2.20. The molecule has 14 heteroatoms. The van der Waals surface area contributed by atoms with Crippen molar-refractivity contribution in [3.05, 3.63) is 29.8 Å². The second-order valence-electron chi connectivity index (χ2n) is 11.8. The number of unbranched alkanes of at least 4 members (excludes halogenated alkanes) is 1. The number of carbonyl (C=O) groups excluding carboxylic acids is 3. The molecule has 242 valence electrons. The molecule has 2 aliphatic heterocycles. The van der Waals surface area contributed by atoms with E-state index in [9.17, 15) is 22.8 Å². The molecule has 0 saturated carbocycles. The first-order chi connectivity index (χ1) is 20.3. The van der Waals surface area contributed by atoms with Gasteiger partial charge in [0.1, 0.15) is 30.0 Å². The minimum atomic E-state index is -3.63. The van der Waals surface area contributed by atoms with Gasteiger partial charge in [0.05, 0.1) is 26.0 Å². The van der Waals surface area contributed by atoms with Gasteiger partial charge in [-0.05, 0) is 51.3 Å². The molecule has 0 bridgehead atoms. The van der Waals surface area contributed by atoms with Crippen molar-refractivity contribution >= 4 is 28.1 Å². The predicted octanol–water partition coefficient (Wildman–Crippen LogP) is 1.31. The fraction of sp³-hybridized carbons (Fsp3) is 0.690. The fourth-order valence-corrected chi connectivity index (χ4v) is 6.19. The lowest BCUT2D eigenvalue weighted by Crippen LogP contribution is -2.56.